The summed E-state index contributed by atoms with van der Waals surface area (Å²) in [6, 6.07) is 11.4. The lowest BCUT2D eigenvalue weighted by Gasteiger charge is -2.12. The second-order valence-electron chi connectivity index (χ2n) is 9.39. The molecule has 2 aromatic heterocycles. The van der Waals surface area contributed by atoms with E-state index in [0.29, 0.717) is 22.2 Å². The average Bonchev–Trinajstić information content (AvgIpc) is 3.55. The maximum atomic E-state index is 14.3. The summed E-state index contributed by atoms with van der Waals surface area (Å²) in [5.74, 6) is -3.07. The van der Waals surface area contributed by atoms with Crippen molar-refractivity contribution in [3.05, 3.63) is 86.3 Å². The standard InChI is InChI=1S/C30H29ClFN5O6S2/c1-5-42-28(40)23-17(4)25(29(41)43-6-2)45-27(23)34-22(38)15-44-30-36-35-21(37(30)18-10-7-9-16(3)13-18)14-33-26(39)24-19(31)11-8-12-20(24)32/h7-13H,5-6,14-15H2,1-4H3,(H,33,39)(H,34,38). The Balaban J connectivity index is 1.56. The van der Waals surface area contributed by atoms with Gasteiger partial charge in [0.15, 0.2) is 11.0 Å². The van der Waals surface area contributed by atoms with Crippen molar-refractivity contribution in [2.24, 2.45) is 0 Å². The molecule has 2 N–H and O–H groups in total. The molecule has 0 atom stereocenters. The summed E-state index contributed by atoms with van der Waals surface area (Å²) in [6.45, 7) is 6.95. The van der Waals surface area contributed by atoms with E-state index in [1.54, 1.807) is 25.3 Å². The molecular weight excluding hydrogens is 645 g/mol. The molecule has 11 nitrogen and oxygen atoms in total. The molecule has 2 amide bonds. The van der Waals surface area contributed by atoms with Gasteiger partial charge in [-0.25, -0.2) is 14.0 Å². The molecule has 0 unspecified atom stereocenters. The number of nitrogens with zero attached hydrogens (tertiary/aromatic N) is 3. The molecule has 0 aliphatic carbocycles. The molecule has 0 fully saturated rings. The third-order valence-electron chi connectivity index (χ3n) is 6.23. The number of carbonyl (C=O) groups excluding carboxylic acids is 4. The number of aryl methyl sites for hydroxylation is 1. The highest BCUT2D eigenvalue weighted by Gasteiger charge is 2.28. The average molecular weight is 674 g/mol. The van der Waals surface area contributed by atoms with Crippen LogP contribution >= 0.6 is 34.7 Å². The van der Waals surface area contributed by atoms with Crippen molar-refractivity contribution < 1.29 is 33.0 Å². The number of anilines is 1. The second kappa shape index (κ2) is 15.1. The fourth-order valence-corrected chi connectivity index (χ4v) is 6.36. The van der Waals surface area contributed by atoms with E-state index in [1.807, 2.05) is 31.2 Å². The summed E-state index contributed by atoms with van der Waals surface area (Å²) in [6.07, 6.45) is 0. The Morgan fingerprint density at radius 1 is 1.00 bits per heavy atom. The smallest absolute Gasteiger partial charge is 0.348 e. The minimum absolute atomic E-state index is 0.0312. The molecule has 0 aliphatic heterocycles. The number of thioether (sulfide) groups is 1. The topological polar surface area (TPSA) is 142 Å². The molecule has 0 radical (unpaired) electrons. The molecule has 2 aromatic carbocycles. The highest BCUT2D eigenvalue weighted by molar-refractivity contribution is 7.99. The molecule has 15 heteroatoms. The lowest BCUT2D eigenvalue weighted by atomic mass is 10.1. The number of rotatable bonds is 12. The fraction of sp³-hybridized carbons (Fsp3) is 0.267. The fourth-order valence-electron chi connectivity index (χ4n) is 4.23. The highest BCUT2D eigenvalue weighted by atomic mass is 35.5. The first-order valence-electron chi connectivity index (χ1n) is 13.7. The molecule has 45 heavy (non-hydrogen) atoms. The SMILES string of the molecule is CCOC(=O)c1sc(NC(=O)CSc2nnc(CNC(=O)c3c(F)cccc3Cl)n2-c2cccc(C)c2)c(C(=O)OCC)c1C. The van der Waals surface area contributed by atoms with Gasteiger partial charge in [-0.1, -0.05) is 41.6 Å². The number of esters is 2. The van der Waals surface area contributed by atoms with Gasteiger partial charge in [0.05, 0.1) is 41.7 Å². The van der Waals surface area contributed by atoms with E-state index in [1.165, 1.54) is 12.1 Å². The Morgan fingerprint density at radius 3 is 2.40 bits per heavy atom. The van der Waals surface area contributed by atoms with E-state index in [4.69, 9.17) is 21.1 Å². The van der Waals surface area contributed by atoms with Crippen molar-refractivity contribution >= 4 is 63.5 Å². The molecule has 0 spiro atoms. The van der Waals surface area contributed by atoms with E-state index in [9.17, 15) is 23.6 Å². The van der Waals surface area contributed by atoms with E-state index >= 15 is 0 Å². The molecule has 0 saturated heterocycles. The first kappa shape index (κ1) is 33.6. The predicted octanol–water partition coefficient (Wildman–Crippen LogP) is 5.75. The van der Waals surface area contributed by atoms with Crippen LogP contribution in [0.2, 0.25) is 5.02 Å². The van der Waals surface area contributed by atoms with Crippen molar-refractivity contribution in [1.82, 2.24) is 20.1 Å². The minimum Gasteiger partial charge on any atom is -0.462 e. The van der Waals surface area contributed by atoms with Gasteiger partial charge in [0.2, 0.25) is 5.91 Å². The maximum absolute atomic E-state index is 14.3. The van der Waals surface area contributed by atoms with Crippen LogP contribution < -0.4 is 10.6 Å². The van der Waals surface area contributed by atoms with Crippen molar-refractivity contribution in [3.63, 3.8) is 0 Å². The van der Waals surface area contributed by atoms with Gasteiger partial charge >= 0.3 is 11.9 Å². The number of amides is 2. The number of hydrogen-bond donors (Lipinski definition) is 2. The number of benzene rings is 2. The number of thiophene rings is 1. The zero-order valence-electron chi connectivity index (χ0n) is 24.7. The van der Waals surface area contributed by atoms with E-state index in [2.05, 4.69) is 20.8 Å². The Kier molecular flexibility index (Phi) is 11.3. The molecule has 236 valence electrons. The van der Waals surface area contributed by atoms with Gasteiger partial charge in [-0.05, 0) is 63.1 Å². The monoisotopic (exact) mass is 673 g/mol. The number of carbonyl (C=O) groups is 4. The van der Waals surface area contributed by atoms with Crippen LogP contribution in [0.5, 0.6) is 0 Å². The van der Waals surface area contributed by atoms with E-state index < -0.39 is 29.6 Å². The minimum atomic E-state index is -0.760. The third-order valence-corrected chi connectivity index (χ3v) is 8.66. The summed E-state index contributed by atoms with van der Waals surface area (Å²) < 4.78 is 26.2. The largest absolute Gasteiger partial charge is 0.462 e. The molecule has 0 bridgehead atoms. The van der Waals surface area contributed by atoms with Crippen LogP contribution in [0, 0.1) is 19.7 Å². The first-order chi connectivity index (χ1) is 21.5. The molecular formula is C30H29ClFN5O6S2. The quantitative estimate of drug-likeness (QED) is 0.142. The van der Waals surface area contributed by atoms with Crippen LogP contribution in [0.25, 0.3) is 5.69 Å². The maximum Gasteiger partial charge on any atom is 0.348 e. The summed E-state index contributed by atoms with van der Waals surface area (Å²) in [7, 11) is 0. The third kappa shape index (κ3) is 7.88. The van der Waals surface area contributed by atoms with Crippen LogP contribution in [-0.4, -0.2) is 57.5 Å². The van der Waals surface area contributed by atoms with E-state index in [-0.39, 0.29) is 51.5 Å². The number of aromatic nitrogens is 3. The van der Waals surface area contributed by atoms with Crippen molar-refractivity contribution in [1.29, 1.82) is 0 Å². The van der Waals surface area contributed by atoms with Crippen LogP contribution in [0.3, 0.4) is 0 Å². The van der Waals surface area contributed by atoms with Gasteiger partial charge in [0.1, 0.15) is 15.7 Å². The van der Waals surface area contributed by atoms with Crippen LogP contribution in [0.15, 0.2) is 47.6 Å². The van der Waals surface area contributed by atoms with Gasteiger partial charge in [0, 0.05) is 5.69 Å². The zero-order valence-corrected chi connectivity index (χ0v) is 27.1. The van der Waals surface area contributed by atoms with Crippen LogP contribution in [0.4, 0.5) is 9.39 Å². The summed E-state index contributed by atoms with van der Waals surface area (Å²) in [5, 5.41) is 14.3. The normalized spacial score (nSPS) is 10.8. The molecule has 4 aromatic rings. The van der Waals surface area contributed by atoms with Gasteiger partial charge in [0.25, 0.3) is 5.91 Å². The molecule has 2 heterocycles. The summed E-state index contributed by atoms with van der Waals surface area (Å²) >= 11 is 8.03. The highest BCUT2D eigenvalue weighted by Crippen LogP contribution is 2.35. The van der Waals surface area contributed by atoms with Crippen molar-refractivity contribution in [2.75, 3.05) is 24.3 Å². The lowest BCUT2D eigenvalue weighted by Crippen LogP contribution is -2.26. The number of nitrogens with one attached hydrogen (secondary N) is 2. The molecule has 0 aliphatic rings. The van der Waals surface area contributed by atoms with Crippen LogP contribution in [-0.2, 0) is 20.8 Å². The lowest BCUT2D eigenvalue weighted by molar-refractivity contribution is -0.113. The number of ether oxygens (including phenoxy) is 2. The van der Waals surface area contributed by atoms with Crippen molar-refractivity contribution in [3.8, 4) is 5.69 Å². The van der Waals surface area contributed by atoms with Gasteiger partial charge in [-0.2, -0.15) is 0 Å². The van der Waals surface area contributed by atoms with Crippen LogP contribution in [0.1, 0.15) is 61.2 Å². The molecule has 0 saturated carbocycles. The zero-order chi connectivity index (χ0) is 32.7. The Labute approximate surface area is 271 Å². The van der Waals surface area contributed by atoms with Gasteiger partial charge in [-0.15, -0.1) is 21.5 Å². The summed E-state index contributed by atoms with van der Waals surface area (Å²) in [4.78, 5) is 51.2. The Bertz CT molecular complexity index is 1740. The first-order valence-corrected chi connectivity index (χ1v) is 15.9. The Morgan fingerprint density at radius 2 is 1.71 bits per heavy atom. The number of halogens is 2. The summed E-state index contributed by atoms with van der Waals surface area (Å²) in [5.41, 5.74) is 1.76. The molecule has 4 rings (SSSR count). The van der Waals surface area contributed by atoms with Gasteiger partial charge in [-0.3, -0.25) is 14.2 Å². The van der Waals surface area contributed by atoms with Gasteiger partial charge < -0.3 is 20.1 Å². The van der Waals surface area contributed by atoms with E-state index in [0.717, 1.165) is 34.7 Å². The second-order valence-corrected chi connectivity index (χ2v) is 11.8. The Hall–Kier alpha value is -4.27. The van der Waals surface area contributed by atoms with Crippen molar-refractivity contribution in [2.45, 2.75) is 39.4 Å². The predicted molar refractivity (Wildman–Crippen MR) is 169 cm³/mol. The number of hydrogen-bond acceptors (Lipinski definition) is 10.